The molecule has 0 saturated heterocycles. The van der Waals surface area contributed by atoms with E-state index in [2.05, 4.69) is 17.2 Å². The SMILES string of the molecule is C#CCCOCCOCCN(CCOCCOCC#C)C(=O)CCNC(=O)OC(C)(C)C. The zero-order chi connectivity index (χ0) is 24.1. The van der Waals surface area contributed by atoms with E-state index in [9.17, 15) is 9.59 Å². The van der Waals surface area contributed by atoms with Gasteiger partial charge in [-0.25, -0.2) is 4.79 Å². The maximum atomic E-state index is 12.6. The highest BCUT2D eigenvalue weighted by Crippen LogP contribution is 2.06. The maximum absolute atomic E-state index is 12.6. The van der Waals surface area contributed by atoms with Crippen molar-refractivity contribution in [1.29, 1.82) is 0 Å². The molecule has 182 valence electrons. The molecule has 0 aromatic heterocycles. The second-order valence-electron chi connectivity index (χ2n) is 7.61. The Morgan fingerprint density at radius 2 is 1.41 bits per heavy atom. The number of hydrogen-bond donors (Lipinski definition) is 1. The zero-order valence-corrected chi connectivity index (χ0v) is 19.7. The number of amides is 2. The number of alkyl carbamates (subject to hydrolysis) is 1. The Hall–Kier alpha value is -2.30. The molecule has 0 fully saturated rings. The molecule has 0 atom stereocenters. The lowest BCUT2D eigenvalue weighted by Crippen LogP contribution is -2.39. The van der Waals surface area contributed by atoms with Gasteiger partial charge in [0.2, 0.25) is 5.91 Å². The van der Waals surface area contributed by atoms with Crippen LogP contribution in [0.15, 0.2) is 0 Å². The van der Waals surface area contributed by atoms with Crippen LogP contribution in [0, 0.1) is 24.7 Å². The lowest BCUT2D eigenvalue weighted by Gasteiger charge is -2.23. The van der Waals surface area contributed by atoms with Crippen molar-refractivity contribution in [2.24, 2.45) is 0 Å². The molecule has 1 N–H and O–H groups in total. The van der Waals surface area contributed by atoms with Crippen LogP contribution < -0.4 is 5.32 Å². The van der Waals surface area contributed by atoms with Gasteiger partial charge in [-0.1, -0.05) is 5.92 Å². The molecule has 9 heteroatoms. The van der Waals surface area contributed by atoms with E-state index in [1.54, 1.807) is 25.7 Å². The third kappa shape index (κ3) is 19.7. The lowest BCUT2D eigenvalue weighted by molar-refractivity contribution is -0.132. The molecule has 0 unspecified atom stereocenters. The van der Waals surface area contributed by atoms with Crippen molar-refractivity contribution < 1.29 is 33.3 Å². The summed E-state index contributed by atoms with van der Waals surface area (Å²) in [4.78, 5) is 25.9. The van der Waals surface area contributed by atoms with E-state index in [-0.39, 0.29) is 25.5 Å². The van der Waals surface area contributed by atoms with Gasteiger partial charge in [0.25, 0.3) is 0 Å². The average molecular weight is 455 g/mol. The van der Waals surface area contributed by atoms with Crippen molar-refractivity contribution in [3.63, 3.8) is 0 Å². The molecule has 0 aliphatic rings. The van der Waals surface area contributed by atoms with E-state index in [4.69, 9.17) is 36.5 Å². The number of hydrogen-bond acceptors (Lipinski definition) is 7. The second kappa shape index (κ2) is 19.4. The normalized spacial score (nSPS) is 10.8. The van der Waals surface area contributed by atoms with Gasteiger partial charge in [-0.3, -0.25) is 4.79 Å². The number of rotatable bonds is 18. The summed E-state index contributed by atoms with van der Waals surface area (Å²) in [5.74, 6) is 4.75. The van der Waals surface area contributed by atoms with Crippen LogP contribution in [0.2, 0.25) is 0 Å². The van der Waals surface area contributed by atoms with Gasteiger partial charge in [-0.15, -0.1) is 18.8 Å². The Morgan fingerprint density at radius 3 is 1.94 bits per heavy atom. The van der Waals surface area contributed by atoms with E-state index in [0.29, 0.717) is 65.8 Å². The summed E-state index contributed by atoms with van der Waals surface area (Å²) in [6.07, 6.45) is 10.4. The summed E-state index contributed by atoms with van der Waals surface area (Å²) in [7, 11) is 0. The van der Waals surface area contributed by atoms with Crippen molar-refractivity contribution in [2.75, 3.05) is 72.5 Å². The highest BCUT2D eigenvalue weighted by Gasteiger charge is 2.17. The Balaban J connectivity index is 4.28. The topological polar surface area (TPSA) is 95.6 Å². The van der Waals surface area contributed by atoms with Crippen LogP contribution in [0.3, 0.4) is 0 Å². The number of carbonyl (C=O) groups is 2. The summed E-state index contributed by atoms with van der Waals surface area (Å²) in [6, 6.07) is 0. The van der Waals surface area contributed by atoms with Crippen LogP contribution >= 0.6 is 0 Å². The van der Waals surface area contributed by atoms with E-state index in [1.807, 2.05) is 0 Å². The van der Waals surface area contributed by atoms with Crippen LogP contribution in [0.25, 0.3) is 0 Å². The van der Waals surface area contributed by atoms with Crippen molar-refractivity contribution in [1.82, 2.24) is 10.2 Å². The summed E-state index contributed by atoms with van der Waals surface area (Å²) < 4.78 is 26.6. The molecular weight excluding hydrogens is 416 g/mol. The number of carbonyl (C=O) groups excluding carboxylic acids is 2. The van der Waals surface area contributed by atoms with E-state index in [1.165, 1.54) is 0 Å². The molecule has 0 aliphatic heterocycles. The molecule has 9 nitrogen and oxygen atoms in total. The quantitative estimate of drug-likeness (QED) is 0.247. The summed E-state index contributed by atoms with van der Waals surface area (Å²) >= 11 is 0. The van der Waals surface area contributed by atoms with Gasteiger partial charge in [-0.05, 0) is 20.8 Å². The number of nitrogens with zero attached hydrogens (tertiary/aromatic N) is 1. The van der Waals surface area contributed by atoms with E-state index < -0.39 is 11.7 Å². The van der Waals surface area contributed by atoms with Gasteiger partial charge >= 0.3 is 6.09 Å². The maximum Gasteiger partial charge on any atom is 0.407 e. The first-order valence-electron chi connectivity index (χ1n) is 10.7. The van der Waals surface area contributed by atoms with Gasteiger partial charge in [-0.2, -0.15) is 0 Å². The van der Waals surface area contributed by atoms with Crippen LogP contribution in [-0.4, -0.2) is 95.0 Å². The minimum atomic E-state index is -0.594. The van der Waals surface area contributed by atoms with Crippen molar-refractivity contribution in [3.05, 3.63) is 0 Å². The Kier molecular flexibility index (Phi) is 18.0. The highest BCUT2D eigenvalue weighted by molar-refractivity contribution is 5.77. The van der Waals surface area contributed by atoms with Crippen LogP contribution in [0.1, 0.15) is 33.6 Å². The summed E-state index contributed by atoms with van der Waals surface area (Å²) in [5.41, 5.74) is -0.594. The number of terminal acetylenes is 2. The van der Waals surface area contributed by atoms with Crippen molar-refractivity contribution >= 4 is 12.0 Å². The third-order valence-corrected chi connectivity index (χ3v) is 3.69. The van der Waals surface area contributed by atoms with Gasteiger partial charge in [0.05, 0.1) is 46.2 Å². The lowest BCUT2D eigenvalue weighted by atomic mass is 10.2. The molecule has 2 amide bonds. The average Bonchev–Trinajstić information content (AvgIpc) is 2.72. The number of ether oxygens (including phenoxy) is 5. The van der Waals surface area contributed by atoms with E-state index in [0.717, 1.165) is 0 Å². The largest absolute Gasteiger partial charge is 0.444 e. The summed E-state index contributed by atoms with van der Waals surface area (Å²) in [6.45, 7) is 9.35. The molecule has 0 aliphatic carbocycles. The molecule has 0 spiro atoms. The standard InChI is InChI=1S/C23H38N2O7/c1-6-8-14-29-18-20-31-16-12-25(11-15-30-19-17-28-13-7-2)21(26)9-10-24-22(27)32-23(3,4)5/h1-2H,8-20H2,3-5H3,(H,24,27). The molecule has 0 aromatic carbocycles. The molecule has 0 bridgehead atoms. The fraction of sp³-hybridized carbons (Fsp3) is 0.739. The van der Waals surface area contributed by atoms with Crippen molar-refractivity contribution in [3.8, 4) is 24.7 Å². The third-order valence-electron chi connectivity index (χ3n) is 3.69. The highest BCUT2D eigenvalue weighted by atomic mass is 16.6. The molecule has 0 saturated carbocycles. The molecule has 32 heavy (non-hydrogen) atoms. The Morgan fingerprint density at radius 1 is 0.844 bits per heavy atom. The fourth-order valence-electron chi connectivity index (χ4n) is 2.26. The van der Waals surface area contributed by atoms with Crippen LogP contribution in [-0.2, 0) is 28.5 Å². The van der Waals surface area contributed by atoms with Gasteiger partial charge in [0.1, 0.15) is 12.2 Å². The zero-order valence-electron chi connectivity index (χ0n) is 19.7. The predicted molar refractivity (Wildman–Crippen MR) is 121 cm³/mol. The molecule has 0 aromatic rings. The molecule has 0 heterocycles. The predicted octanol–water partition coefficient (Wildman–Crippen LogP) is 1.45. The first-order chi connectivity index (χ1) is 15.3. The monoisotopic (exact) mass is 454 g/mol. The Labute approximate surface area is 192 Å². The van der Waals surface area contributed by atoms with Gasteiger partial charge in [0, 0.05) is 32.5 Å². The fourth-order valence-corrected chi connectivity index (χ4v) is 2.26. The van der Waals surface area contributed by atoms with Gasteiger partial charge < -0.3 is 33.9 Å². The molecular formula is C23H38N2O7. The van der Waals surface area contributed by atoms with E-state index >= 15 is 0 Å². The minimum Gasteiger partial charge on any atom is -0.444 e. The molecule has 0 radical (unpaired) electrons. The molecule has 0 rings (SSSR count). The minimum absolute atomic E-state index is 0.123. The summed E-state index contributed by atoms with van der Waals surface area (Å²) in [5, 5.41) is 2.59. The van der Waals surface area contributed by atoms with Crippen LogP contribution in [0.4, 0.5) is 4.79 Å². The van der Waals surface area contributed by atoms with Crippen molar-refractivity contribution in [2.45, 2.75) is 39.2 Å². The second-order valence-corrected chi connectivity index (χ2v) is 7.61. The smallest absolute Gasteiger partial charge is 0.407 e. The Bertz CT molecular complexity index is 591. The first-order valence-corrected chi connectivity index (χ1v) is 10.7. The van der Waals surface area contributed by atoms with Crippen LogP contribution in [0.5, 0.6) is 0 Å². The number of nitrogens with one attached hydrogen (secondary N) is 1. The first kappa shape index (κ1) is 29.7. The van der Waals surface area contributed by atoms with Gasteiger partial charge in [0.15, 0.2) is 0 Å².